The molecule has 1 saturated heterocycles. The van der Waals surface area contributed by atoms with E-state index in [9.17, 15) is 4.79 Å². The maximum Gasteiger partial charge on any atom is 0.234 e. The molecule has 6 nitrogen and oxygen atoms in total. The Balaban J connectivity index is 1.53. The first-order valence-corrected chi connectivity index (χ1v) is 8.77. The van der Waals surface area contributed by atoms with Gasteiger partial charge in [0.05, 0.1) is 6.54 Å². The molecule has 1 amide bonds. The van der Waals surface area contributed by atoms with E-state index in [1.54, 1.807) is 6.08 Å². The Morgan fingerprint density at radius 3 is 2.71 bits per heavy atom. The van der Waals surface area contributed by atoms with E-state index >= 15 is 0 Å². The van der Waals surface area contributed by atoms with Crippen LogP contribution in [-0.4, -0.2) is 59.4 Å². The van der Waals surface area contributed by atoms with Crippen molar-refractivity contribution in [3.8, 4) is 11.4 Å². The number of hydrogen-bond donors (Lipinski definition) is 1. The van der Waals surface area contributed by atoms with Crippen molar-refractivity contribution in [2.45, 2.75) is 0 Å². The minimum atomic E-state index is 0.0469. The van der Waals surface area contributed by atoms with Crippen molar-refractivity contribution in [3.63, 3.8) is 0 Å². The third-order valence-electron chi connectivity index (χ3n) is 3.90. The van der Waals surface area contributed by atoms with Gasteiger partial charge in [-0.3, -0.25) is 9.69 Å². The van der Waals surface area contributed by atoms with Crippen LogP contribution in [0.3, 0.4) is 0 Å². The lowest BCUT2D eigenvalue weighted by Gasteiger charge is -2.33. The molecule has 1 N–H and O–H groups in total. The van der Waals surface area contributed by atoms with Crippen LogP contribution in [0.2, 0.25) is 0 Å². The van der Waals surface area contributed by atoms with Gasteiger partial charge < -0.3 is 10.2 Å². The molecule has 24 heavy (non-hydrogen) atoms. The number of nitrogens with one attached hydrogen (secondary N) is 1. The summed E-state index contributed by atoms with van der Waals surface area (Å²) in [6.07, 6.45) is 1.69. The Hall–Kier alpha value is -2.25. The van der Waals surface area contributed by atoms with E-state index in [2.05, 4.69) is 31.1 Å². The van der Waals surface area contributed by atoms with Crippen LogP contribution in [0.4, 0.5) is 5.13 Å². The summed E-state index contributed by atoms with van der Waals surface area (Å²) in [5.41, 5.74) is 1.04. The summed E-state index contributed by atoms with van der Waals surface area (Å²) in [7, 11) is 0. The second-order valence-corrected chi connectivity index (χ2v) is 6.35. The molecule has 1 aromatic heterocycles. The topological polar surface area (TPSA) is 61.4 Å². The number of piperazine rings is 1. The fourth-order valence-corrected chi connectivity index (χ4v) is 3.33. The van der Waals surface area contributed by atoms with E-state index in [-0.39, 0.29) is 5.91 Å². The fraction of sp³-hybridized carbons (Fsp3) is 0.353. The zero-order valence-electron chi connectivity index (χ0n) is 13.5. The Kier molecular flexibility index (Phi) is 5.55. The number of rotatable bonds is 6. The molecular formula is C17H21N5OS. The van der Waals surface area contributed by atoms with Gasteiger partial charge in [-0.2, -0.15) is 9.36 Å². The van der Waals surface area contributed by atoms with Crippen molar-refractivity contribution in [3.05, 3.63) is 43.0 Å². The minimum Gasteiger partial charge on any atom is -0.352 e. The van der Waals surface area contributed by atoms with Crippen molar-refractivity contribution in [2.24, 2.45) is 0 Å². The van der Waals surface area contributed by atoms with E-state index < -0.39 is 0 Å². The standard InChI is InChI=1S/C17H21N5OS/c1-2-8-18-15(23)13-21-9-11-22(12-10-21)17-19-16(20-24-17)14-6-4-3-5-7-14/h2-7H,1,8-13H2,(H,18,23). The van der Waals surface area contributed by atoms with Gasteiger partial charge in [0.25, 0.3) is 0 Å². The van der Waals surface area contributed by atoms with Gasteiger partial charge in [-0.05, 0) is 0 Å². The number of amides is 1. The van der Waals surface area contributed by atoms with E-state index in [4.69, 9.17) is 0 Å². The first-order chi connectivity index (χ1) is 11.8. The molecule has 0 atom stereocenters. The second-order valence-electron chi connectivity index (χ2n) is 5.62. The van der Waals surface area contributed by atoms with E-state index in [1.807, 2.05) is 30.3 Å². The summed E-state index contributed by atoms with van der Waals surface area (Å²) in [6, 6.07) is 10.0. The smallest absolute Gasteiger partial charge is 0.234 e. The molecule has 0 bridgehead atoms. The molecule has 0 saturated carbocycles. The largest absolute Gasteiger partial charge is 0.352 e. The van der Waals surface area contributed by atoms with E-state index in [0.29, 0.717) is 13.1 Å². The Morgan fingerprint density at radius 1 is 1.25 bits per heavy atom. The minimum absolute atomic E-state index is 0.0469. The van der Waals surface area contributed by atoms with Crippen LogP contribution in [0, 0.1) is 0 Å². The zero-order chi connectivity index (χ0) is 16.8. The van der Waals surface area contributed by atoms with Crippen molar-refractivity contribution < 1.29 is 4.79 Å². The predicted octanol–water partition coefficient (Wildman–Crippen LogP) is 1.63. The molecule has 2 heterocycles. The highest BCUT2D eigenvalue weighted by Crippen LogP contribution is 2.24. The molecule has 7 heteroatoms. The maximum absolute atomic E-state index is 11.7. The Labute approximate surface area is 146 Å². The number of benzene rings is 1. The van der Waals surface area contributed by atoms with Crippen molar-refractivity contribution in [1.29, 1.82) is 0 Å². The molecule has 126 valence electrons. The summed E-state index contributed by atoms with van der Waals surface area (Å²) in [5, 5.41) is 3.76. The van der Waals surface area contributed by atoms with Crippen LogP contribution < -0.4 is 10.2 Å². The number of carbonyl (C=O) groups is 1. The molecule has 0 aliphatic carbocycles. The average molecular weight is 343 g/mol. The third kappa shape index (κ3) is 4.18. The van der Waals surface area contributed by atoms with Gasteiger partial charge in [0.1, 0.15) is 0 Å². The highest BCUT2D eigenvalue weighted by Gasteiger charge is 2.21. The second kappa shape index (κ2) is 8.03. The number of hydrogen-bond acceptors (Lipinski definition) is 6. The average Bonchev–Trinajstić information content (AvgIpc) is 3.11. The zero-order valence-corrected chi connectivity index (χ0v) is 14.3. The number of aromatic nitrogens is 2. The molecule has 1 aliphatic rings. The Morgan fingerprint density at radius 2 is 2.00 bits per heavy atom. The van der Waals surface area contributed by atoms with Crippen LogP contribution in [0.1, 0.15) is 0 Å². The maximum atomic E-state index is 11.7. The summed E-state index contributed by atoms with van der Waals surface area (Å²) < 4.78 is 4.46. The molecule has 0 unspecified atom stereocenters. The van der Waals surface area contributed by atoms with Gasteiger partial charge in [0.2, 0.25) is 11.0 Å². The number of nitrogens with zero attached hydrogens (tertiary/aromatic N) is 4. The van der Waals surface area contributed by atoms with Crippen molar-refractivity contribution in [2.75, 3.05) is 44.2 Å². The third-order valence-corrected chi connectivity index (χ3v) is 4.68. The molecule has 1 aromatic carbocycles. The van der Waals surface area contributed by atoms with Crippen LogP contribution in [0.5, 0.6) is 0 Å². The van der Waals surface area contributed by atoms with Gasteiger partial charge in [-0.1, -0.05) is 36.4 Å². The molecule has 2 aromatic rings. The summed E-state index contributed by atoms with van der Waals surface area (Å²) >= 11 is 1.43. The highest BCUT2D eigenvalue weighted by molar-refractivity contribution is 7.09. The van der Waals surface area contributed by atoms with Crippen LogP contribution >= 0.6 is 11.5 Å². The summed E-state index contributed by atoms with van der Waals surface area (Å²) in [5.74, 6) is 0.826. The van der Waals surface area contributed by atoms with Crippen LogP contribution in [-0.2, 0) is 4.79 Å². The van der Waals surface area contributed by atoms with Crippen molar-refractivity contribution >= 4 is 22.6 Å². The first-order valence-electron chi connectivity index (χ1n) is 8.00. The van der Waals surface area contributed by atoms with Crippen molar-refractivity contribution in [1.82, 2.24) is 19.6 Å². The number of anilines is 1. The quantitative estimate of drug-likeness (QED) is 0.808. The van der Waals surface area contributed by atoms with Gasteiger partial charge >= 0.3 is 0 Å². The Bertz CT molecular complexity index is 679. The monoisotopic (exact) mass is 343 g/mol. The lowest BCUT2D eigenvalue weighted by molar-refractivity contribution is -0.122. The normalized spacial score (nSPS) is 15.2. The van der Waals surface area contributed by atoms with Gasteiger partial charge in [0.15, 0.2) is 5.82 Å². The molecule has 1 fully saturated rings. The summed E-state index contributed by atoms with van der Waals surface area (Å²) in [6.45, 7) is 7.97. The molecule has 0 radical (unpaired) electrons. The van der Waals surface area contributed by atoms with Gasteiger partial charge in [-0.15, -0.1) is 6.58 Å². The van der Waals surface area contributed by atoms with Gasteiger partial charge in [0, 0.05) is 49.8 Å². The van der Waals surface area contributed by atoms with Crippen LogP contribution in [0.15, 0.2) is 43.0 Å². The molecular weight excluding hydrogens is 322 g/mol. The summed E-state index contributed by atoms with van der Waals surface area (Å²) in [4.78, 5) is 20.8. The molecule has 3 rings (SSSR count). The van der Waals surface area contributed by atoms with Gasteiger partial charge in [-0.25, -0.2) is 0 Å². The SMILES string of the molecule is C=CCNC(=O)CN1CCN(c2nc(-c3ccccc3)ns2)CC1. The lowest BCUT2D eigenvalue weighted by atomic mass is 10.2. The van der Waals surface area contributed by atoms with Crippen LogP contribution in [0.25, 0.3) is 11.4 Å². The van der Waals surface area contributed by atoms with E-state index in [1.165, 1.54) is 11.5 Å². The predicted molar refractivity (Wildman–Crippen MR) is 97.2 cm³/mol. The lowest BCUT2D eigenvalue weighted by Crippen LogP contribution is -2.49. The molecule has 1 aliphatic heterocycles. The number of carbonyl (C=O) groups excluding carboxylic acids is 1. The fourth-order valence-electron chi connectivity index (χ4n) is 2.59. The highest BCUT2D eigenvalue weighted by atomic mass is 32.1. The van der Waals surface area contributed by atoms with E-state index in [0.717, 1.165) is 42.7 Å². The molecule has 0 spiro atoms. The first kappa shape index (κ1) is 16.6.